The van der Waals surface area contributed by atoms with Crippen LogP contribution in [0, 0.1) is 0 Å². The monoisotopic (exact) mass is 316 g/mol. The van der Waals surface area contributed by atoms with Crippen LogP contribution in [0.2, 0.25) is 0 Å². The number of ether oxygens (including phenoxy) is 1. The molecule has 2 atom stereocenters. The largest absolute Gasteiger partial charge is 0.353 e. The molecule has 0 amide bonds. The van der Waals surface area contributed by atoms with Crippen LogP contribution in [0.25, 0.3) is 0 Å². The van der Waals surface area contributed by atoms with Crippen LogP contribution in [-0.4, -0.2) is 42.4 Å². The minimum absolute atomic E-state index is 0.0348. The Hall–Kier alpha value is -1.68. The Morgan fingerprint density at radius 1 is 1.26 bits per heavy atom. The number of unbranched alkanes of at least 4 members (excludes halogenated alkanes) is 3. The van der Waals surface area contributed by atoms with E-state index in [1.807, 2.05) is 30.3 Å². The summed E-state index contributed by atoms with van der Waals surface area (Å²) in [5, 5.41) is 0. The second-order valence-corrected chi connectivity index (χ2v) is 6.20. The molecular formula is C19H28N2O2. The number of carbonyl (C=O) groups excluding carboxylic acids is 1. The van der Waals surface area contributed by atoms with E-state index in [0.29, 0.717) is 12.6 Å². The van der Waals surface area contributed by atoms with E-state index in [-0.39, 0.29) is 5.78 Å². The highest BCUT2D eigenvalue weighted by Gasteiger charge is 2.31. The van der Waals surface area contributed by atoms with Crippen molar-refractivity contribution in [2.24, 2.45) is 4.99 Å². The van der Waals surface area contributed by atoms with Gasteiger partial charge in [-0.2, -0.15) is 0 Å². The predicted octanol–water partition coefficient (Wildman–Crippen LogP) is 3.65. The minimum Gasteiger partial charge on any atom is -0.353 e. The van der Waals surface area contributed by atoms with Crippen LogP contribution >= 0.6 is 0 Å². The molecule has 2 rings (SSSR count). The average molecular weight is 316 g/mol. The van der Waals surface area contributed by atoms with Crippen molar-refractivity contribution in [2.45, 2.75) is 58.2 Å². The molecule has 1 aromatic carbocycles. The van der Waals surface area contributed by atoms with E-state index in [2.05, 4.69) is 23.7 Å². The van der Waals surface area contributed by atoms with Crippen LogP contribution < -0.4 is 0 Å². The van der Waals surface area contributed by atoms with Gasteiger partial charge in [0.25, 0.3) is 0 Å². The molecule has 0 N–H and O–H groups in total. The molecule has 0 aromatic heterocycles. The number of amidine groups is 1. The fourth-order valence-electron chi connectivity index (χ4n) is 2.98. The van der Waals surface area contributed by atoms with Gasteiger partial charge in [-0.05, 0) is 13.3 Å². The van der Waals surface area contributed by atoms with Gasteiger partial charge in [0, 0.05) is 18.7 Å². The average Bonchev–Trinajstić information content (AvgIpc) is 2.59. The van der Waals surface area contributed by atoms with Gasteiger partial charge >= 0.3 is 0 Å². The lowest BCUT2D eigenvalue weighted by molar-refractivity contribution is -0.130. The maximum Gasteiger partial charge on any atom is 0.211 e. The van der Waals surface area contributed by atoms with Crippen LogP contribution in [0.15, 0.2) is 35.3 Å². The van der Waals surface area contributed by atoms with Crippen molar-refractivity contribution in [2.75, 3.05) is 13.7 Å². The molecule has 0 spiro atoms. The molecule has 0 saturated heterocycles. The normalized spacial score (nSPS) is 19.6. The first kappa shape index (κ1) is 17.7. The number of ketones is 1. The quantitative estimate of drug-likeness (QED) is 0.688. The zero-order valence-corrected chi connectivity index (χ0v) is 14.5. The number of aliphatic imine (C=N–C) groups is 1. The van der Waals surface area contributed by atoms with Crippen LogP contribution in [-0.2, 0) is 9.53 Å². The van der Waals surface area contributed by atoms with Gasteiger partial charge in [0.1, 0.15) is 5.84 Å². The van der Waals surface area contributed by atoms with Crippen molar-refractivity contribution in [3.63, 3.8) is 0 Å². The summed E-state index contributed by atoms with van der Waals surface area (Å²) >= 11 is 0. The Morgan fingerprint density at radius 3 is 2.65 bits per heavy atom. The maximum atomic E-state index is 12.2. The highest BCUT2D eigenvalue weighted by Crippen LogP contribution is 2.20. The molecule has 4 heteroatoms. The summed E-state index contributed by atoms with van der Waals surface area (Å²) in [7, 11) is 1.54. The zero-order valence-electron chi connectivity index (χ0n) is 14.5. The van der Waals surface area contributed by atoms with Gasteiger partial charge in [-0.15, -0.1) is 0 Å². The first-order valence-electron chi connectivity index (χ1n) is 8.62. The summed E-state index contributed by atoms with van der Waals surface area (Å²) in [6, 6.07) is 10.4. The van der Waals surface area contributed by atoms with Crippen LogP contribution in [0.4, 0.5) is 0 Å². The Balaban J connectivity index is 2.16. The predicted molar refractivity (Wildman–Crippen MR) is 93.7 cm³/mol. The maximum absolute atomic E-state index is 12.2. The number of benzene rings is 1. The third kappa shape index (κ3) is 4.64. The molecule has 1 aromatic rings. The van der Waals surface area contributed by atoms with Gasteiger partial charge in [0.05, 0.1) is 6.54 Å². The third-order valence-electron chi connectivity index (χ3n) is 4.38. The number of rotatable bonds is 8. The summed E-state index contributed by atoms with van der Waals surface area (Å²) in [4.78, 5) is 18.9. The number of nitrogens with zero attached hydrogens (tertiary/aromatic N) is 2. The van der Waals surface area contributed by atoms with Gasteiger partial charge in [-0.1, -0.05) is 62.9 Å². The third-order valence-corrected chi connectivity index (χ3v) is 4.38. The molecule has 0 bridgehead atoms. The lowest BCUT2D eigenvalue weighted by Gasteiger charge is -2.36. The number of Topliss-reactive ketones (excluding diaryl/α,β-unsaturated/α-hetero) is 1. The van der Waals surface area contributed by atoms with Gasteiger partial charge in [-0.25, -0.2) is 4.99 Å². The summed E-state index contributed by atoms with van der Waals surface area (Å²) in [6.45, 7) is 4.78. The van der Waals surface area contributed by atoms with E-state index in [1.54, 1.807) is 7.11 Å². The molecule has 0 fully saturated rings. The first-order chi connectivity index (χ1) is 11.2. The lowest BCUT2D eigenvalue weighted by Crippen LogP contribution is -2.49. The van der Waals surface area contributed by atoms with Gasteiger partial charge in [0.15, 0.2) is 0 Å². The minimum atomic E-state index is -0.672. The van der Waals surface area contributed by atoms with Crippen molar-refractivity contribution in [3.8, 4) is 0 Å². The van der Waals surface area contributed by atoms with E-state index in [1.165, 1.54) is 25.7 Å². The highest BCUT2D eigenvalue weighted by atomic mass is 16.5. The van der Waals surface area contributed by atoms with E-state index in [0.717, 1.165) is 17.8 Å². The van der Waals surface area contributed by atoms with Crippen molar-refractivity contribution >= 4 is 11.6 Å². The first-order valence-corrected chi connectivity index (χ1v) is 8.62. The van der Waals surface area contributed by atoms with E-state index in [9.17, 15) is 4.79 Å². The number of hydrogen-bond acceptors (Lipinski definition) is 4. The van der Waals surface area contributed by atoms with Crippen LogP contribution in [0.3, 0.4) is 0 Å². The Morgan fingerprint density at radius 2 is 2.00 bits per heavy atom. The standard InChI is InChI=1S/C19H28N2O2/c1-4-5-6-8-11-15(2)21-14-17(22)19(23-3)20-18(21)16-12-9-7-10-13-16/h7,9-10,12-13,15,19H,4-6,8,11,14H2,1-3H3. The van der Waals surface area contributed by atoms with Crippen LogP contribution in [0.5, 0.6) is 0 Å². The summed E-state index contributed by atoms with van der Waals surface area (Å²) < 4.78 is 5.23. The molecule has 1 aliphatic heterocycles. The van der Waals surface area contributed by atoms with Crippen molar-refractivity contribution in [3.05, 3.63) is 35.9 Å². The Kier molecular flexibility index (Phi) is 6.78. The summed E-state index contributed by atoms with van der Waals surface area (Å²) in [5.74, 6) is 0.910. The molecule has 1 aliphatic rings. The van der Waals surface area contributed by atoms with E-state index < -0.39 is 6.23 Å². The van der Waals surface area contributed by atoms with Crippen molar-refractivity contribution < 1.29 is 9.53 Å². The number of carbonyl (C=O) groups is 1. The highest BCUT2D eigenvalue weighted by molar-refractivity contribution is 6.05. The lowest BCUT2D eigenvalue weighted by atomic mass is 10.0. The molecular weight excluding hydrogens is 288 g/mol. The van der Waals surface area contributed by atoms with E-state index >= 15 is 0 Å². The summed E-state index contributed by atoms with van der Waals surface area (Å²) in [5.41, 5.74) is 1.04. The molecule has 0 radical (unpaired) electrons. The smallest absolute Gasteiger partial charge is 0.211 e. The Bertz CT molecular complexity index is 527. The zero-order chi connectivity index (χ0) is 16.7. The molecule has 0 aliphatic carbocycles. The molecule has 4 nitrogen and oxygen atoms in total. The molecule has 126 valence electrons. The van der Waals surface area contributed by atoms with Crippen molar-refractivity contribution in [1.82, 2.24) is 4.90 Å². The molecule has 0 saturated carbocycles. The summed E-state index contributed by atoms with van der Waals surface area (Å²) in [6.07, 6.45) is 5.36. The molecule has 2 unspecified atom stereocenters. The molecule has 1 heterocycles. The number of hydrogen-bond donors (Lipinski definition) is 0. The van der Waals surface area contributed by atoms with Crippen molar-refractivity contribution in [1.29, 1.82) is 0 Å². The molecule has 23 heavy (non-hydrogen) atoms. The fraction of sp³-hybridized carbons (Fsp3) is 0.579. The number of methoxy groups -OCH3 is 1. The second-order valence-electron chi connectivity index (χ2n) is 6.20. The van der Waals surface area contributed by atoms with Gasteiger partial charge < -0.3 is 9.64 Å². The Labute approximate surface area is 139 Å². The van der Waals surface area contributed by atoms with E-state index in [4.69, 9.17) is 4.74 Å². The van der Waals surface area contributed by atoms with Gasteiger partial charge in [-0.3, -0.25) is 4.79 Å². The van der Waals surface area contributed by atoms with Crippen LogP contribution in [0.1, 0.15) is 51.5 Å². The topological polar surface area (TPSA) is 41.9 Å². The van der Waals surface area contributed by atoms with Gasteiger partial charge in [0.2, 0.25) is 12.0 Å². The second kappa shape index (κ2) is 8.82. The SMILES string of the molecule is CCCCCCC(C)N1CC(=O)C(OC)N=C1c1ccccc1. The fourth-order valence-corrected chi connectivity index (χ4v) is 2.98.